The minimum absolute atomic E-state index is 0.0699. The Kier molecular flexibility index (Phi) is 14.7. The Morgan fingerprint density at radius 1 is 1.12 bits per heavy atom. The van der Waals surface area contributed by atoms with Gasteiger partial charge in [-0.15, -0.1) is 11.3 Å². The first-order chi connectivity index (χ1) is 32.9. The van der Waals surface area contributed by atoms with Crippen LogP contribution in [0.2, 0.25) is 0 Å². The maximum absolute atomic E-state index is 14.8. The molecule has 8 rings (SSSR count). The van der Waals surface area contributed by atoms with Crippen LogP contribution in [-0.2, 0) is 41.6 Å². The van der Waals surface area contributed by atoms with Gasteiger partial charge in [0.15, 0.2) is 0 Å². The van der Waals surface area contributed by atoms with Gasteiger partial charge in [0.2, 0.25) is 11.8 Å². The molecule has 370 valence electrons. The van der Waals surface area contributed by atoms with Crippen molar-refractivity contribution in [2.24, 2.45) is 11.3 Å². The Balaban J connectivity index is 1.11. The zero-order valence-corrected chi connectivity index (χ0v) is 42.5. The first-order valence-corrected chi connectivity index (χ1v) is 25.1. The van der Waals surface area contributed by atoms with Crippen molar-refractivity contribution in [2.45, 2.75) is 104 Å². The summed E-state index contributed by atoms with van der Waals surface area (Å²) in [5, 5.41) is 8.13. The fourth-order valence-electron chi connectivity index (χ4n) is 10.8. The molecular formula is C51H68N10O7S. The second kappa shape index (κ2) is 20.3. The monoisotopic (exact) mass is 964 g/mol. The Morgan fingerprint density at radius 3 is 2.61 bits per heavy atom. The molecule has 69 heavy (non-hydrogen) atoms. The number of amides is 5. The number of pyridine rings is 1. The molecule has 1 unspecified atom stereocenters. The normalized spacial score (nSPS) is 23.2. The molecule has 0 spiro atoms. The van der Waals surface area contributed by atoms with Crippen molar-refractivity contribution < 1.29 is 33.4 Å². The predicted molar refractivity (Wildman–Crippen MR) is 265 cm³/mol. The number of rotatable bonds is 9. The molecule has 0 saturated carbocycles. The number of carbonyl (C=O) groups excluding carboxylic acids is 5. The average Bonchev–Trinajstić information content (AvgIpc) is 3.93. The van der Waals surface area contributed by atoms with E-state index in [-0.39, 0.29) is 42.8 Å². The molecule has 2 fully saturated rings. The van der Waals surface area contributed by atoms with Crippen molar-refractivity contribution in [1.29, 1.82) is 0 Å². The lowest BCUT2D eigenvalue weighted by Gasteiger charge is -2.43. The van der Waals surface area contributed by atoms with E-state index in [4.69, 9.17) is 19.4 Å². The number of aryl methyl sites for hydroxylation is 1. The molecule has 1 aromatic carbocycles. The number of likely N-dealkylation sites (N-methyl/N-ethyl adjacent to an activating group) is 2. The number of nitrogens with zero attached hydrogens (tertiary/aromatic N) is 8. The Bertz CT molecular complexity index is 2620. The lowest BCUT2D eigenvalue weighted by molar-refractivity contribution is -0.156. The highest BCUT2D eigenvalue weighted by molar-refractivity contribution is 7.10. The number of benzene rings is 1. The quantitative estimate of drug-likeness (QED) is 0.161. The maximum Gasteiger partial charge on any atom is 0.324 e. The number of esters is 1. The summed E-state index contributed by atoms with van der Waals surface area (Å²) >= 11 is 1.41. The Morgan fingerprint density at radius 2 is 1.90 bits per heavy atom. The van der Waals surface area contributed by atoms with Crippen LogP contribution in [0.3, 0.4) is 0 Å². The van der Waals surface area contributed by atoms with Gasteiger partial charge in [-0.2, -0.15) is 0 Å². The molecule has 5 amide bonds. The van der Waals surface area contributed by atoms with E-state index in [2.05, 4.69) is 60.3 Å². The van der Waals surface area contributed by atoms with Crippen LogP contribution in [0.1, 0.15) is 82.7 Å². The minimum atomic E-state index is -1.09. The number of urea groups is 1. The molecular weight excluding hydrogens is 897 g/mol. The van der Waals surface area contributed by atoms with Gasteiger partial charge in [-0.25, -0.2) is 15.2 Å². The van der Waals surface area contributed by atoms with Crippen molar-refractivity contribution >= 4 is 52.0 Å². The topological polar surface area (TPSA) is 175 Å². The SMILES string of the molecule is CCn1c2c3c4cc(ccc41)-c1csc(n1)C[C@H](NC(=O)[C@H](C(C)C)N(C)C(=O)N1CCN(C(=O)/C=C/CN(C)C)C[C@@H]1C)C(=O)N1CCC[C@H](N1)C(=O)OCC(C)(C)C3[C@H](OC)c1ncccc1-2. The van der Waals surface area contributed by atoms with E-state index in [1.54, 1.807) is 36.2 Å². The molecule has 17 nitrogen and oxygen atoms in total. The Hall–Kier alpha value is -5.69. The zero-order chi connectivity index (χ0) is 49.5. The summed E-state index contributed by atoms with van der Waals surface area (Å²) < 4.78 is 14.9. The second-order valence-electron chi connectivity index (χ2n) is 20.2. The number of ether oxygens (including phenoxy) is 2. The summed E-state index contributed by atoms with van der Waals surface area (Å²) in [7, 11) is 7.18. The maximum atomic E-state index is 14.8. The number of nitrogens with one attached hydrogen (secondary N) is 2. The van der Waals surface area contributed by atoms with Crippen LogP contribution in [0.25, 0.3) is 33.4 Å². The van der Waals surface area contributed by atoms with Gasteiger partial charge in [-0.05, 0) is 76.5 Å². The molecule has 18 heteroatoms. The van der Waals surface area contributed by atoms with E-state index in [1.165, 1.54) is 21.2 Å². The summed E-state index contributed by atoms with van der Waals surface area (Å²) in [5.41, 5.74) is 9.21. The van der Waals surface area contributed by atoms with Crippen LogP contribution in [0.4, 0.5) is 4.79 Å². The smallest absolute Gasteiger partial charge is 0.324 e. The number of methoxy groups -OCH3 is 1. The summed E-state index contributed by atoms with van der Waals surface area (Å²) in [4.78, 5) is 87.5. The molecule has 3 aromatic heterocycles. The largest absolute Gasteiger partial charge is 0.464 e. The van der Waals surface area contributed by atoms with E-state index in [0.717, 1.165) is 44.7 Å². The molecule has 2 saturated heterocycles. The molecule has 2 N–H and O–H groups in total. The fourth-order valence-corrected chi connectivity index (χ4v) is 11.6. The third kappa shape index (κ3) is 9.77. The number of piperazine rings is 1. The van der Waals surface area contributed by atoms with Gasteiger partial charge in [0.25, 0.3) is 5.91 Å². The number of aromatic nitrogens is 3. The third-order valence-corrected chi connectivity index (χ3v) is 15.1. The highest BCUT2D eigenvalue weighted by atomic mass is 32.1. The van der Waals surface area contributed by atoms with Gasteiger partial charge in [-0.1, -0.05) is 39.8 Å². The number of thiazole rings is 1. The first kappa shape index (κ1) is 49.7. The predicted octanol–water partition coefficient (Wildman–Crippen LogP) is 5.46. The van der Waals surface area contributed by atoms with Crippen molar-refractivity contribution in [3.05, 3.63) is 70.3 Å². The van der Waals surface area contributed by atoms with Gasteiger partial charge >= 0.3 is 12.0 Å². The number of hydrogen-bond donors (Lipinski definition) is 2. The van der Waals surface area contributed by atoms with E-state index >= 15 is 0 Å². The highest BCUT2D eigenvalue weighted by Gasteiger charge is 2.48. The van der Waals surface area contributed by atoms with Crippen LogP contribution < -0.4 is 10.7 Å². The number of carbonyl (C=O) groups is 5. The van der Waals surface area contributed by atoms with Crippen LogP contribution in [0, 0.1) is 11.3 Å². The van der Waals surface area contributed by atoms with Gasteiger partial charge in [0, 0.05) is 117 Å². The number of hydrazine groups is 1. The molecule has 4 aliphatic rings. The van der Waals surface area contributed by atoms with Crippen LogP contribution >= 0.6 is 11.3 Å². The zero-order valence-electron chi connectivity index (χ0n) is 41.7. The summed E-state index contributed by atoms with van der Waals surface area (Å²) in [6, 6.07) is 6.95. The van der Waals surface area contributed by atoms with E-state index in [9.17, 15) is 24.0 Å². The van der Waals surface area contributed by atoms with Gasteiger partial charge < -0.3 is 39.0 Å². The third-order valence-electron chi connectivity index (χ3n) is 14.2. The first-order valence-electron chi connectivity index (χ1n) is 24.2. The summed E-state index contributed by atoms with van der Waals surface area (Å²) in [6.07, 6.45) is 5.80. The molecule has 6 atom stereocenters. The van der Waals surface area contributed by atoms with Crippen molar-refractivity contribution in [3.8, 4) is 22.5 Å². The molecule has 6 bridgehead atoms. The molecule has 4 aromatic rings. The van der Waals surface area contributed by atoms with Crippen LogP contribution in [0.15, 0.2) is 54.1 Å². The van der Waals surface area contributed by atoms with Crippen molar-refractivity contribution in [2.75, 3.05) is 67.6 Å². The van der Waals surface area contributed by atoms with Gasteiger partial charge in [0.05, 0.1) is 28.7 Å². The standard InChI is InChI=1S/C51H68N10O7S/c1-11-59-38-19-18-32-25-34(38)41-42(46(67-10)43-33(45(41)59)15-12-20-52-43)51(5,6)29-68-49(65)35-16-13-22-61(55-35)48(64)36(26-39-53-37(32)28-69-39)54-47(63)44(30(2)3)57(9)50(66)60-24-23-58(27-31(60)4)40(62)17-14-21-56(7)8/h12,14-15,17-20,25,28,30-31,35-36,42,44,46,55H,11,13,16,21-24,26-27,29H2,1-10H3,(H,54,63)/b17-14+/t31-,35-,36-,42?,44-,46-/m0/s1. The van der Waals surface area contributed by atoms with Crippen LogP contribution in [0.5, 0.6) is 0 Å². The molecule has 6 heterocycles. The number of hydrogen-bond acceptors (Lipinski definition) is 12. The lowest BCUT2D eigenvalue weighted by atomic mass is 9.67. The average molecular weight is 965 g/mol. The van der Waals surface area contributed by atoms with Crippen molar-refractivity contribution in [3.63, 3.8) is 0 Å². The number of cyclic esters (lactones) is 1. The lowest BCUT2D eigenvalue weighted by Crippen LogP contribution is -2.63. The second-order valence-corrected chi connectivity index (χ2v) is 21.1. The van der Waals surface area contributed by atoms with Crippen LogP contribution in [-0.4, -0.2) is 161 Å². The van der Waals surface area contributed by atoms with Crippen molar-refractivity contribution in [1.82, 2.24) is 49.9 Å². The fraction of sp³-hybridized carbons (Fsp3) is 0.549. The summed E-state index contributed by atoms with van der Waals surface area (Å²) in [6.45, 7) is 14.7. The van der Waals surface area contributed by atoms with Gasteiger partial charge in [0.1, 0.15) is 24.2 Å². The molecule has 1 aliphatic carbocycles. The minimum Gasteiger partial charge on any atom is -0.464 e. The molecule has 3 aliphatic heterocycles. The number of fused-ring (bicyclic) bond motifs is 8. The van der Waals surface area contributed by atoms with E-state index in [1.807, 2.05) is 57.3 Å². The highest BCUT2D eigenvalue weighted by Crippen LogP contribution is 2.57. The Labute approximate surface area is 409 Å². The summed E-state index contributed by atoms with van der Waals surface area (Å²) in [5.74, 6) is -2.10. The van der Waals surface area contributed by atoms with E-state index in [0.29, 0.717) is 57.1 Å². The molecule has 0 radical (unpaired) electrons. The van der Waals surface area contributed by atoms with E-state index < -0.39 is 47.4 Å². The van der Waals surface area contributed by atoms with Gasteiger partial charge in [-0.3, -0.25) is 29.2 Å².